The Morgan fingerprint density at radius 2 is 1.79 bits per heavy atom. The maximum Gasteiger partial charge on any atom is 0.238 e. The SMILES string of the molecule is OC(F)(CCC(F)F)c1ccccc1. The molecule has 1 N–H and O–H groups in total. The average Bonchev–Trinajstić information content (AvgIpc) is 2.16. The molecule has 0 aliphatic rings. The molecule has 0 aliphatic heterocycles. The van der Waals surface area contributed by atoms with Gasteiger partial charge >= 0.3 is 0 Å². The molecule has 0 spiro atoms. The van der Waals surface area contributed by atoms with Gasteiger partial charge in [-0.05, 0) is 0 Å². The minimum atomic E-state index is -2.66. The Labute approximate surface area is 80.2 Å². The van der Waals surface area contributed by atoms with Gasteiger partial charge in [-0.2, -0.15) is 0 Å². The number of halogens is 3. The van der Waals surface area contributed by atoms with E-state index in [1.54, 1.807) is 18.2 Å². The molecule has 1 atom stereocenters. The van der Waals surface area contributed by atoms with Gasteiger partial charge in [0.2, 0.25) is 12.3 Å². The van der Waals surface area contributed by atoms with E-state index in [-0.39, 0.29) is 5.56 Å². The van der Waals surface area contributed by atoms with Crippen molar-refractivity contribution in [1.82, 2.24) is 0 Å². The van der Waals surface area contributed by atoms with Gasteiger partial charge in [0.25, 0.3) is 0 Å². The Balaban J connectivity index is 2.66. The molecule has 1 aromatic rings. The van der Waals surface area contributed by atoms with Crippen molar-refractivity contribution in [3.8, 4) is 0 Å². The Bertz CT molecular complexity index is 272. The molecule has 1 nitrogen and oxygen atoms in total. The van der Waals surface area contributed by atoms with E-state index in [0.29, 0.717) is 0 Å². The second-order valence-electron chi connectivity index (χ2n) is 3.06. The van der Waals surface area contributed by atoms with Crippen LogP contribution in [0.1, 0.15) is 18.4 Å². The number of hydrogen-bond acceptors (Lipinski definition) is 1. The molecule has 0 aromatic heterocycles. The first-order valence-electron chi connectivity index (χ1n) is 4.27. The first-order valence-corrected chi connectivity index (χ1v) is 4.27. The van der Waals surface area contributed by atoms with Crippen molar-refractivity contribution in [2.45, 2.75) is 25.1 Å². The Morgan fingerprint density at radius 3 is 2.29 bits per heavy atom. The van der Waals surface area contributed by atoms with Gasteiger partial charge in [-0.3, -0.25) is 0 Å². The second kappa shape index (κ2) is 4.46. The van der Waals surface area contributed by atoms with E-state index in [9.17, 15) is 18.3 Å². The molecule has 0 amide bonds. The van der Waals surface area contributed by atoms with Gasteiger partial charge < -0.3 is 5.11 Å². The predicted octanol–water partition coefficient (Wildman–Crippen LogP) is 2.85. The van der Waals surface area contributed by atoms with Crippen LogP contribution in [0.3, 0.4) is 0 Å². The van der Waals surface area contributed by atoms with Crippen LogP contribution < -0.4 is 0 Å². The minimum Gasteiger partial charge on any atom is -0.358 e. The van der Waals surface area contributed by atoms with Gasteiger partial charge in [-0.15, -0.1) is 0 Å². The molecule has 0 saturated heterocycles. The standard InChI is InChI=1S/C10H11F3O/c11-9(12)6-7-10(13,14)8-4-2-1-3-5-8/h1-5,9,14H,6-7H2. The van der Waals surface area contributed by atoms with Crippen molar-refractivity contribution in [3.05, 3.63) is 35.9 Å². The van der Waals surface area contributed by atoms with Crippen molar-refractivity contribution < 1.29 is 18.3 Å². The summed E-state index contributed by atoms with van der Waals surface area (Å²) in [5, 5.41) is 9.23. The molecule has 0 saturated carbocycles. The maximum atomic E-state index is 13.4. The van der Waals surface area contributed by atoms with Crippen LogP contribution in [0.4, 0.5) is 13.2 Å². The quantitative estimate of drug-likeness (QED) is 0.799. The first-order chi connectivity index (χ1) is 6.52. The normalized spacial score (nSPS) is 15.5. The van der Waals surface area contributed by atoms with Crippen LogP contribution in [-0.2, 0) is 5.85 Å². The number of alkyl halides is 3. The van der Waals surface area contributed by atoms with Gasteiger partial charge in [-0.25, -0.2) is 13.2 Å². The largest absolute Gasteiger partial charge is 0.358 e. The molecule has 1 unspecified atom stereocenters. The number of benzene rings is 1. The summed E-state index contributed by atoms with van der Waals surface area (Å²) in [5.74, 6) is -2.66. The van der Waals surface area contributed by atoms with Crippen molar-refractivity contribution in [1.29, 1.82) is 0 Å². The molecular formula is C10H11F3O. The van der Waals surface area contributed by atoms with Crippen LogP contribution in [-0.4, -0.2) is 11.5 Å². The highest BCUT2D eigenvalue weighted by Crippen LogP contribution is 2.28. The zero-order valence-electron chi connectivity index (χ0n) is 7.46. The van der Waals surface area contributed by atoms with Crippen LogP contribution in [0.25, 0.3) is 0 Å². The third-order valence-corrected chi connectivity index (χ3v) is 1.91. The van der Waals surface area contributed by atoms with Gasteiger partial charge in [0.15, 0.2) is 0 Å². The van der Waals surface area contributed by atoms with Crippen LogP contribution in [0.15, 0.2) is 30.3 Å². The fourth-order valence-corrected chi connectivity index (χ4v) is 1.14. The van der Waals surface area contributed by atoms with Crippen LogP contribution in [0, 0.1) is 0 Å². The lowest BCUT2D eigenvalue weighted by atomic mass is 10.0. The number of hydrogen-bond donors (Lipinski definition) is 1. The molecule has 1 aromatic carbocycles. The number of aliphatic hydroxyl groups is 1. The van der Waals surface area contributed by atoms with Gasteiger partial charge in [0.1, 0.15) is 0 Å². The van der Waals surface area contributed by atoms with E-state index in [1.807, 2.05) is 0 Å². The molecule has 0 fully saturated rings. The predicted molar refractivity (Wildman–Crippen MR) is 46.7 cm³/mol. The minimum absolute atomic E-state index is 0.0145. The molecule has 4 heteroatoms. The highest BCUT2D eigenvalue weighted by molar-refractivity contribution is 5.19. The zero-order chi connectivity index (χ0) is 10.6. The smallest absolute Gasteiger partial charge is 0.238 e. The van der Waals surface area contributed by atoms with Gasteiger partial charge in [0.05, 0.1) is 0 Å². The van der Waals surface area contributed by atoms with Crippen molar-refractivity contribution in [2.24, 2.45) is 0 Å². The van der Waals surface area contributed by atoms with Crippen LogP contribution >= 0.6 is 0 Å². The summed E-state index contributed by atoms with van der Waals surface area (Å²) in [6.45, 7) is 0. The van der Waals surface area contributed by atoms with Crippen LogP contribution in [0.5, 0.6) is 0 Å². The summed E-state index contributed by atoms with van der Waals surface area (Å²) < 4.78 is 37.0. The second-order valence-corrected chi connectivity index (χ2v) is 3.06. The summed E-state index contributed by atoms with van der Waals surface area (Å²) >= 11 is 0. The first kappa shape index (κ1) is 11.0. The van der Waals surface area contributed by atoms with Gasteiger partial charge in [-0.1, -0.05) is 30.3 Å². The van der Waals surface area contributed by atoms with Gasteiger partial charge in [0, 0.05) is 18.4 Å². The summed E-state index contributed by atoms with van der Waals surface area (Å²) in [5.41, 5.74) is 0.0145. The van der Waals surface area contributed by atoms with E-state index in [2.05, 4.69) is 0 Å². The zero-order valence-corrected chi connectivity index (χ0v) is 7.46. The molecule has 1 rings (SSSR count). The Kier molecular flexibility index (Phi) is 3.52. The molecule has 0 heterocycles. The van der Waals surface area contributed by atoms with E-state index in [0.717, 1.165) is 0 Å². The summed E-state index contributed by atoms with van der Waals surface area (Å²) in [6, 6.07) is 7.48. The molecule has 0 bridgehead atoms. The Hall–Kier alpha value is -1.03. The molecule has 0 aliphatic carbocycles. The third-order valence-electron chi connectivity index (χ3n) is 1.91. The Morgan fingerprint density at radius 1 is 1.21 bits per heavy atom. The van der Waals surface area contributed by atoms with E-state index >= 15 is 0 Å². The average molecular weight is 204 g/mol. The van der Waals surface area contributed by atoms with Crippen molar-refractivity contribution >= 4 is 0 Å². The van der Waals surface area contributed by atoms with E-state index in [1.165, 1.54) is 12.1 Å². The molecule has 14 heavy (non-hydrogen) atoms. The van der Waals surface area contributed by atoms with Crippen molar-refractivity contribution in [3.63, 3.8) is 0 Å². The summed E-state index contributed by atoms with van der Waals surface area (Å²) in [4.78, 5) is 0. The maximum absolute atomic E-state index is 13.4. The lowest BCUT2D eigenvalue weighted by Gasteiger charge is -2.18. The van der Waals surface area contributed by atoms with Crippen molar-refractivity contribution in [2.75, 3.05) is 0 Å². The lowest BCUT2D eigenvalue weighted by molar-refractivity contribution is -0.110. The third kappa shape index (κ3) is 3.03. The van der Waals surface area contributed by atoms with Crippen LogP contribution in [0.2, 0.25) is 0 Å². The van der Waals surface area contributed by atoms with E-state index in [4.69, 9.17) is 0 Å². The molecule has 0 radical (unpaired) electrons. The lowest BCUT2D eigenvalue weighted by Crippen LogP contribution is -2.20. The van der Waals surface area contributed by atoms with E-state index < -0.39 is 25.1 Å². The highest BCUT2D eigenvalue weighted by Gasteiger charge is 2.29. The molecule has 78 valence electrons. The fourth-order valence-electron chi connectivity index (χ4n) is 1.14. The topological polar surface area (TPSA) is 20.2 Å². The number of rotatable bonds is 4. The fraction of sp³-hybridized carbons (Fsp3) is 0.400. The highest BCUT2D eigenvalue weighted by atomic mass is 19.3. The summed E-state index contributed by atoms with van der Waals surface area (Å²) in [6.07, 6.45) is -3.84. The molecular weight excluding hydrogens is 193 g/mol. The summed E-state index contributed by atoms with van der Waals surface area (Å²) in [7, 11) is 0. The monoisotopic (exact) mass is 204 g/mol.